The summed E-state index contributed by atoms with van der Waals surface area (Å²) in [6, 6.07) is 6.35. The number of aromatic nitrogens is 1. The summed E-state index contributed by atoms with van der Waals surface area (Å²) in [5, 5.41) is 10.2. The zero-order valence-electron chi connectivity index (χ0n) is 10.9. The second-order valence-corrected chi connectivity index (χ2v) is 4.76. The summed E-state index contributed by atoms with van der Waals surface area (Å²) in [6.07, 6.45) is -0.211. The Morgan fingerprint density at radius 2 is 1.94 bits per heavy atom. The minimum atomic E-state index is -0.626. The zero-order chi connectivity index (χ0) is 13.3. The van der Waals surface area contributed by atoms with Gasteiger partial charge >= 0.3 is 0 Å². The Labute approximate surface area is 106 Å². The smallest absolute Gasteiger partial charge is 0.123 e. The summed E-state index contributed by atoms with van der Waals surface area (Å²) in [5.74, 6) is -0.268. The van der Waals surface area contributed by atoms with Crippen LogP contribution in [0.3, 0.4) is 0 Å². The maximum Gasteiger partial charge on any atom is 0.123 e. The second kappa shape index (κ2) is 4.94. The van der Waals surface area contributed by atoms with Crippen molar-refractivity contribution in [1.82, 2.24) is 4.98 Å². The highest BCUT2D eigenvalue weighted by molar-refractivity contribution is 5.36. The van der Waals surface area contributed by atoms with E-state index < -0.39 is 6.10 Å². The molecule has 0 radical (unpaired) electrons. The lowest BCUT2D eigenvalue weighted by atomic mass is 10.0. The van der Waals surface area contributed by atoms with Crippen LogP contribution in [0, 0.1) is 26.6 Å². The predicted molar refractivity (Wildman–Crippen MR) is 70.1 cm³/mol. The number of benzene rings is 1. The molecule has 0 fully saturated rings. The first-order valence-electron chi connectivity index (χ1n) is 6.07. The van der Waals surface area contributed by atoms with Crippen LogP contribution in [0.5, 0.6) is 0 Å². The SMILES string of the molecule is Cc1[nH]c(C(O)Cc2cccc(F)c2)c(C)c1C. The molecule has 0 amide bonds. The summed E-state index contributed by atoms with van der Waals surface area (Å²) < 4.78 is 13.1. The van der Waals surface area contributed by atoms with Crippen molar-refractivity contribution in [3.05, 3.63) is 58.2 Å². The molecule has 1 atom stereocenters. The van der Waals surface area contributed by atoms with Crippen molar-refractivity contribution in [1.29, 1.82) is 0 Å². The maximum absolute atomic E-state index is 13.1. The molecule has 1 aromatic carbocycles. The average Bonchev–Trinajstić information content (AvgIpc) is 2.57. The van der Waals surface area contributed by atoms with Gasteiger partial charge in [-0.1, -0.05) is 12.1 Å². The van der Waals surface area contributed by atoms with Crippen LogP contribution in [-0.4, -0.2) is 10.1 Å². The first-order chi connectivity index (χ1) is 8.49. The Morgan fingerprint density at radius 3 is 2.50 bits per heavy atom. The third-order valence-corrected chi connectivity index (χ3v) is 3.50. The van der Waals surface area contributed by atoms with Gasteiger partial charge in [0.25, 0.3) is 0 Å². The molecule has 0 aliphatic rings. The van der Waals surface area contributed by atoms with Gasteiger partial charge in [0, 0.05) is 17.8 Å². The van der Waals surface area contributed by atoms with Crippen molar-refractivity contribution in [2.45, 2.75) is 33.3 Å². The molecule has 1 unspecified atom stereocenters. The largest absolute Gasteiger partial charge is 0.387 e. The van der Waals surface area contributed by atoms with Gasteiger partial charge < -0.3 is 10.1 Å². The molecule has 1 heterocycles. The second-order valence-electron chi connectivity index (χ2n) is 4.76. The Kier molecular flexibility index (Phi) is 3.53. The zero-order valence-corrected chi connectivity index (χ0v) is 10.9. The average molecular weight is 247 g/mol. The van der Waals surface area contributed by atoms with Gasteiger partial charge in [0.2, 0.25) is 0 Å². The number of hydrogen-bond donors (Lipinski definition) is 2. The van der Waals surface area contributed by atoms with E-state index in [1.165, 1.54) is 17.7 Å². The fourth-order valence-electron chi connectivity index (χ4n) is 2.20. The lowest BCUT2D eigenvalue weighted by molar-refractivity contribution is 0.173. The van der Waals surface area contributed by atoms with Gasteiger partial charge in [-0.25, -0.2) is 4.39 Å². The Hall–Kier alpha value is -1.61. The highest BCUT2D eigenvalue weighted by Gasteiger charge is 2.16. The minimum Gasteiger partial charge on any atom is -0.387 e. The number of aryl methyl sites for hydroxylation is 1. The molecule has 96 valence electrons. The Balaban J connectivity index is 2.22. The van der Waals surface area contributed by atoms with E-state index in [1.54, 1.807) is 6.07 Å². The van der Waals surface area contributed by atoms with Gasteiger partial charge in [0.1, 0.15) is 5.82 Å². The normalized spacial score (nSPS) is 12.7. The molecule has 0 aliphatic heterocycles. The minimum absolute atomic E-state index is 0.268. The van der Waals surface area contributed by atoms with Gasteiger partial charge in [-0.05, 0) is 49.6 Å². The predicted octanol–water partition coefficient (Wildman–Crippen LogP) is 3.36. The van der Waals surface area contributed by atoms with E-state index in [9.17, 15) is 9.50 Å². The van der Waals surface area contributed by atoms with Crippen LogP contribution in [0.25, 0.3) is 0 Å². The van der Waals surface area contributed by atoms with Crippen molar-refractivity contribution in [3.8, 4) is 0 Å². The third kappa shape index (κ3) is 2.46. The van der Waals surface area contributed by atoms with Crippen LogP contribution in [0.15, 0.2) is 24.3 Å². The number of nitrogens with one attached hydrogen (secondary N) is 1. The number of hydrogen-bond acceptors (Lipinski definition) is 1. The number of aromatic amines is 1. The fraction of sp³-hybridized carbons (Fsp3) is 0.333. The standard InChI is InChI=1S/C15H18FNO/c1-9-10(2)15(17-11(9)3)14(18)8-12-5-4-6-13(16)7-12/h4-7,14,17-18H,8H2,1-3H3. The molecular weight excluding hydrogens is 229 g/mol. The summed E-state index contributed by atoms with van der Waals surface area (Å²) in [7, 11) is 0. The lowest BCUT2D eigenvalue weighted by Gasteiger charge is -2.11. The van der Waals surface area contributed by atoms with Crippen molar-refractivity contribution < 1.29 is 9.50 Å². The van der Waals surface area contributed by atoms with Crippen molar-refractivity contribution in [3.63, 3.8) is 0 Å². The first-order valence-corrected chi connectivity index (χ1v) is 6.07. The quantitative estimate of drug-likeness (QED) is 0.857. The number of aliphatic hydroxyl groups excluding tert-OH is 1. The van der Waals surface area contributed by atoms with Crippen LogP contribution < -0.4 is 0 Å². The number of H-pyrrole nitrogens is 1. The maximum atomic E-state index is 13.1. The van der Waals surface area contributed by atoms with Crippen LogP contribution in [-0.2, 0) is 6.42 Å². The molecule has 0 spiro atoms. The number of rotatable bonds is 3. The van der Waals surface area contributed by atoms with Gasteiger partial charge in [-0.3, -0.25) is 0 Å². The molecule has 0 saturated heterocycles. The number of halogens is 1. The molecule has 2 nitrogen and oxygen atoms in total. The molecule has 0 aliphatic carbocycles. The van der Waals surface area contributed by atoms with Crippen LogP contribution >= 0.6 is 0 Å². The molecule has 3 heteroatoms. The monoisotopic (exact) mass is 247 g/mol. The van der Waals surface area contributed by atoms with Gasteiger partial charge in [-0.2, -0.15) is 0 Å². The summed E-state index contributed by atoms with van der Waals surface area (Å²) >= 11 is 0. The topological polar surface area (TPSA) is 36.0 Å². The van der Waals surface area contributed by atoms with Crippen LogP contribution in [0.1, 0.15) is 34.2 Å². The van der Waals surface area contributed by atoms with E-state index >= 15 is 0 Å². The fourth-order valence-corrected chi connectivity index (χ4v) is 2.20. The highest BCUT2D eigenvalue weighted by atomic mass is 19.1. The molecule has 0 bridgehead atoms. The van der Waals surface area contributed by atoms with E-state index in [2.05, 4.69) is 4.98 Å². The summed E-state index contributed by atoms with van der Waals surface area (Å²) in [4.78, 5) is 3.20. The molecule has 2 aromatic rings. The van der Waals surface area contributed by atoms with E-state index in [4.69, 9.17) is 0 Å². The van der Waals surface area contributed by atoms with E-state index in [0.29, 0.717) is 6.42 Å². The van der Waals surface area contributed by atoms with E-state index in [0.717, 1.165) is 22.5 Å². The summed E-state index contributed by atoms with van der Waals surface area (Å²) in [5.41, 5.74) is 4.95. The van der Waals surface area contributed by atoms with E-state index in [1.807, 2.05) is 26.8 Å². The lowest BCUT2D eigenvalue weighted by Crippen LogP contribution is -2.04. The number of aliphatic hydroxyl groups is 1. The third-order valence-electron chi connectivity index (χ3n) is 3.50. The van der Waals surface area contributed by atoms with E-state index in [-0.39, 0.29) is 5.82 Å². The van der Waals surface area contributed by atoms with Gasteiger partial charge in [0.05, 0.1) is 6.10 Å². The molecule has 2 N–H and O–H groups in total. The Morgan fingerprint density at radius 1 is 1.22 bits per heavy atom. The first kappa shape index (κ1) is 12.8. The van der Waals surface area contributed by atoms with Gasteiger partial charge in [-0.15, -0.1) is 0 Å². The van der Waals surface area contributed by atoms with Crippen LogP contribution in [0.4, 0.5) is 4.39 Å². The summed E-state index contributed by atoms with van der Waals surface area (Å²) in [6.45, 7) is 6.00. The molecule has 18 heavy (non-hydrogen) atoms. The highest BCUT2D eigenvalue weighted by Crippen LogP contribution is 2.25. The van der Waals surface area contributed by atoms with Crippen molar-refractivity contribution >= 4 is 0 Å². The van der Waals surface area contributed by atoms with Crippen LogP contribution in [0.2, 0.25) is 0 Å². The molecular formula is C15H18FNO. The molecule has 0 saturated carbocycles. The van der Waals surface area contributed by atoms with Crippen molar-refractivity contribution in [2.75, 3.05) is 0 Å². The van der Waals surface area contributed by atoms with Gasteiger partial charge in [0.15, 0.2) is 0 Å². The Bertz CT molecular complexity index is 560. The van der Waals surface area contributed by atoms with Crippen molar-refractivity contribution in [2.24, 2.45) is 0 Å². The molecule has 2 rings (SSSR count). The molecule has 1 aromatic heterocycles.